The van der Waals surface area contributed by atoms with Gasteiger partial charge in [0.25, 0.3) is 6.71 Å². The maximum atomic E-state index is 5.85. The summed E-state index contributed by atoms with van der Waals surface area (Å²) in [6.45, 7) is 41.5. The van der Waals surface area contributed by atoms with Gasteiger partial charge in [0.05, 0.1) is 11.4 Å². The predicted molar refractivity (Wildman–Crippen MR) is 375 cm³/mol. The van der Waals surface area contributed by atoms with E-state index in [4.69, 9.17) is 9.97 Å². The summed E-state index contributed by atoms with van der Waals surface area (Å²) in [7, 11) is 0. The Labute approximate surface area is 520 Å². The van der Waals surface area contributed by atoms with E-state index < -0.39 is 0 Å². The smallest absolute Gasteiger partial charge is 0.252 e. The first-order valence-corrected chi connectivity index (χ1v) is 31.5. The van der Waals surface area contributed by atoms with Gasteiger partial charge in [-0.3, -0.25) is 0 Å². The fourth-order valence-corrected chi connectivity index (χ4v) is 12.7. The highest BCUT2D eigenvalue weighted by Crippen LogP contribution is 2.48. The van der Waals surface area contributed by atoms with Crippen LogP contribution in [0.1, 0.15) is 158 Å². The van der Waals surface area contributed by atoms with Crippen molar-refractivity contribution in [1.29, 1.82) is 0 Å². The maximum absolute atomic E-state index is 5.85. The molecule has 0 amide bonds. The molecule has 0 bridgehead atoms. The summed E-state index contributed by atoms with van der Waals surface area (Å²) in [6, 6.07) is 76.2. The Morgan fingerprint density at radius 1 is 0.264 bits per heavy atom. The summed E-state index contributed by atoms with van der Waals surface area (Å²) in [5.41, 5.74) is 27.4. The van der Waals surface area contributed by atoms with Gasteiger partial charge in [-0.05, 0) is 183 Å². The molecule has 87 heavy (non-hydrogen) atoms. The number of rotatable bonds is 7. The van der Waals surface area contributed by atoms with Crippen LogP contribution in [0.2, 0.25) is 0 Å². The molecule has 0 fully saturated rings. The lowest BCUT2D eigenvalue weighted by atomic mass is 9.33. The van der Waals surface area contributed by atoms with Gasteiger partial charge >= 0.3 is 0 Å². The highest BCUT2D eigenvalue weighted by Gasteiger charge is 2.44. The molecule has 4 nitrogen and oxygen atoms in total. The van der Waals surface area contributed by atoms with Gasteiger partial charge in [0.2, 0.25) is 0 Å². The minimum absolute atomic E-state index is 0.0313. The molecule has 0 saturated carbocycles. The van der Waals surface area contributed by atoms with Gasteiger partial charge in [-0.2, -0.15) is 0 Å². The molecule has 5 heteroatoms. The topological polar surface area (TPSA) is 32.3 Å². The Morgan fingerprint density at radius 3 is 0.920 bits per heavy atom. The standard InChI is InChI=1S/C82H87BN4/c1-77(2,3)59-31-35-65(36-32-59)86-71-39-29-54(52-25-21-19-22-26-52)45-67(71)83-68-46-55(53-27-23-20-24-28-53)30-40-72(68)87(66-37-33-60(34-38-66)78(4,5)6)74-48-58(47-73(86)75(74)83)76-84-69(56-41-61(79(7,8)9)49-62(42-56)80(10,11)12)51-70(85-76)57-43-63(81(13,14)15)50-64(44-57)82(16,17)18/h19-51H,1-18H3. The lowest BCUT2D eigenvalue weighted by molar-refractivity contribution is 0.568. The number of nitrogens with zero attached hydrogens (tertiary/aromatic N) is 4. The average molecular weight is 1140 g/mol. The minimum atomic E-state index is -0.147. The van der Waals surface area contributed by atoms with Gasteiger partial charge in [0, 0.05) is 50.8 Å². The largest absolute Gasteiger partial charge is 0.311 e. The lowest BCUT2D eigenvalue weighted by Crippen LogP contribution is -2.61. The molecule has 10 aromatic rings. The molecule has 0 aliphatic carbocycles. The van der Waals surface area contributed by atoms with Crippen molar-refractivity contribution in [3.8, 4) is 56.2 Å². The van der Waals surface area contributed by atoms with Crippen molar-refractivity contribution in [1.82, 2.24) is 9.97 Å². The second-order valence-corrected chi connectivity index (χ2v) is 31.0. The minimum Gasteiger partial charge on any atom is -0.311 e. The molecule has 0 saturated heterocycles. The lowest BCUT2D eigenvalue weighted by Gasteiger charge is -2.44. The monoisotopic (exact) mass is 1140 g/mol. The van der Waals surface area contributed by atoms with Crippen LogP contribution in [0, 0.1) is 0 Å². The number of hydrogen-bond acceptors (Lipinski definition) is 4. The SMILES string of the molecule is CC(C)(C)c1ccc(N2c3ccc(-c4ccccc4)cc3B3c4cc(-c5ccccc5)ccc4N(c4ccc(C(C)(C)C)cc4)c4cc(-c5nc(-c6cc(C(C)(C)C)cc(C(C)(C)C)c6)cc(-c6cc(C(C)(C)C)cc(C(C)(C)C)c6)n5)cc2c43)cc1. The van der Waals surface area contributed by atoms with Gasteiger partial charge in [-0.25, -0.2) is 9.97 Å². The number of aromatic nitrogens is 2. The molecular weight excluding hydrogens is 1050 g/mol. The molecule has 3 heterocycles. The summed E-state index contributed by atoms with van der Waals surface area (Å²) in [4.78, 5) is 16.8. The van der Waals surface area contributed by atoms with Crippen LogP contribution in [0.4, 0.5) is 34.1 Å². The first-order chi connectivity index (χ1) is 40.9. The van der Waals surface area contributed by atoms with Gasteiger partial charge in [-0.1, -0.05) is 246 Å². The van der Waals surface area contributed by atoms with Crippen LogP contribution < -0.4 is 26.2 Å². The fourth-order valence-electron chi connectivity index (χ4n) is 12.7. The zero-order valence-corrected chi connectivity index (χ0v) is 54.9. The summed E-state index contributed by atoms with van der Waals surface area (Å²) >= 11 is 0. The van der Waals surface area contributed by atoms with E-state index in [0.717, 1.165) is 62.2 Å². The highest BCUT2D eigenvalue weighted by molar-refractivity contribution is 7.00. The summed E-state index contributed by atoms with van der Waals surface area (Å²) in [5, 5.41) is 0. The summed E-state index contributed by atoms with van der Waals surface area (Å²) in [5.74, 6) is 0.677. The molecule has 0 spiro atoms. The van der Waals surface area contributed by atoms with Crippen LogP contribution >= 0.6 is 0 Å². The van der Waals surface area contributed by atoms with E-state index in [1.165, 1.54) is 72.0 Å². The van der Waals surface area contributed by atoms with Crippen molar-refractivity contribution < 1.29 is 0 Å². The average Bonchev–Trinajstić information content (AvgIpc) is 0.828. The Hall–Kier alpha value is -8.28. The number of anilines is 6. The normalized spacial score (nSPS) is 13.6. The molecule has 2 aliphatic heterocycles. The van der Waals surface area contributed by atoms with Gasteiger partial charge in [0.15, 0.2) is 5.82 Å². The van der Waals surface area contributed by atoms with Crippen LogP contribution in [0.15, 0.2) is 200 Å². The van der Waals surface area contributed by atoms with E-state index in [-0.39, 0.29) is 39.2 Å². The molecule has 2 aliphatic rings. The number of benzene rings is 9. The Balaban J connectivity index is 1.22. The zero-order valence-electron chi connectivity index (χ0n) is 54.9. The Morgan fingerprint density at radius 2 is 0.598 bits per heavy atom. The van der Waals surface area contributed by atoms with E-state index in [1.807, 2.05) is 0 Å². The third kappa shape index (κ3) is 11.4. The predicted octanol–water partition coefficient (Wildman–Crippen LogP) is 20.7. The molecule has 0 unspecified atom stereocenters. The Kier molecular flexibility index (Phi) is 14.4. The first-order valence-electron chi connectivity index (χ1n) is 31.5. The molecule has 0 atom stereocenters. The van der Waals surface area contributed by atoms with Crippen molar-refractivity contribution >= 4 is 57.2 Å². The third-order valence-corrected chi connectivity index (χ3v) is 18.2. The molecule has 438 valence electrons. The van der Waals surface area contributed by atoms with E-state index >= 15 is 0 Å². The van der Waals surface area contributed by atoms with Crippen LogP contribution in [0.25, 0.3) is 56.2 Å². The van der Waals surface area contributed by atoms with Gasteiger partial charge in [0.1, 0.15) is 0 Å². The summed E-state index contributed by atoms with van der Waals surface area (Å²) < 4.78 is 0. The zero-order chi connectivity index (χ0) is 61.9. The van der Waals surface area contributed by atoms with Crippen LogP contribution in [0.3, 0.4) is 0 Å². The van der Waals surface area contributed by atoms with E-state index in [2.05, 4.69) is 335 Å². The molecule has 0 radical (unpaired) electrons. The van der Waals surface area contributed by atoms with Crippen LogP contribution in [0.5, 0.6) is 0 Å². The summed E-state index contributed by atoms with van der Waals surface area (Å²) in [6.07, 6.45) is 0. The molecular formula is C82H87BN4. The van der Waals surface area contributed by atoms with Crippen molar-refractivity contribution in [3.05, 3.63) is 234 Å². The van der Waals surface area contributed by atoms with Gasteiger partial charge in [-0.15, -0.1) is 0 Å². The molecule has 0 N–H and O–H groups in total. The quantitative estimate of drug-likeness (QED) is 0.149. The second-order valence-electron chi connectivity index (χ2n) is 31.0. The highest BCUT2D eigenvalue weighted by atomic mass is 15.2. The first kappa shape index (κ1) is 59.1. The van der Waals surface area contributed by atoms with Crippen LogP contribution in [-0.4, -0.2) is 16.7 Å². The van der Waals surface area contributed by atoms with Crippen molar-refractivity contribution in [3.63, 3.8) is 0 Å². The van der Waals surface area contributed by atoms with Crippen LogP contribution in [-0.2, 0) is 32.5 Å². The molecule has 9 aromatic carbocycles. The number of hydrogen-bond donors (Lipinski definition) is 0. The van der Waals surface area contributed by atoms with Gasteiger partial charge < -0.3 is 9.80 Å². The Bertz CT molecular complexity index is 3910. The van der Waals surface area contributed by atoms with Crippen molar-refractivity contribution in [2.75, 3.05) is 9.80 Å². The third-order valence-electron chi connectivity index (χ3n) is 18.2. The van der Waals surface area contributed by atoms with Crippen molar-refractivity contribution in [2.45, 2.75) is 157 Å². The second kappa shape index (κ2) is 21.3. The van der Waals surface area contributed by atoms with E-state index in [1.54, 1.807) is 0 Å². The molecule has 12 rings (SSSR count). The van der Waals surface area contributed by atoms with Crippen molar-refractivity contribution in [2.24, 2.45) is 0 Å². The fraction of sp³-hybridized carbons (Fsp3) is 0.293. The maximum Gasteiger partial charge on any atom is 0.252 e. The van der Waals surface area contributed by atoms with E-state index in [9.17, 15) is 0 Å². The molecule has 1 aromatic heterocycles. The van der Waals surface area contributed by atoms with E-state index in [0.29, 0.717) is 5.82 Å². The number of fused-ring (bicyclic) bond motifs is 4.